The van der Waals surface area contributed by atoms with Gasteiger partial charge in [0.15, 0.2) is 5.76 Å². The number of carbonyl (C=O) groups is 1. The first-order chi connectivity index (χ1) is 13.0. The second-order valence-electron chi connectivity index (χ2n) is 6.99. The Labute approximate surface area is 156 Å². The molecule has 8 heteroatoms. The van der Waals surface area contributed by atoms with Crippen molar-refractivity contribution in [3.8, 4) is 11.3 Å². The molecule has 4 rings (SSSR count). The summed E-state index contributed by atoms with van der Waals surface area (Å²) in [5, 5.41) is 14.0. The summed E-state index contributed by atoms with van der Waals surface area (Å²) in [4.78, 5) is 21.1. The summed E-state index contributed by atoms with van der Waals surface area (Å²) >= 11 is 0. The average molecular weight is 366 g/mol. The number of H-pyrrole nitrogens is 1. The predicted octanol–water partition coefficient (Wildman–Crippen LogP) is 2.63. The summed E-state index contributed by atoms with van der Waals surface area (Å²) in [6.07, 6.45) is 4.64. The molecule has 3 aromatic heterocycles. The minimum atomic E-state index is -0.183. The highest BCUT2D eigenvalue weighted by Gasteiger charge is 2.26. The van der Waals surface area contributed by atoms with Crippen molar-refractivity contribution in [1.29, 1.82) is 0 Å². The van der Waals surface area contributed by atoms with E-state index in [2.05, 4.69) is 30.6 Å². The molecule has 0 spiro atoms. The standard InChI is InChI=1S/C19H22N6O2/c1-10-11(2)25-27-18(10)14-9-21-12(3)22-15(14)6-7-20-19(26)17-8-16(23-24-17)13-4-5-13/h8-9,13H,4-7H2,1-3H3,(H,20,26)(H,23,24). The summed E-state index contributed by atoms with van der Waals surface area (Å²) in [6, 6.07) is 1.84. The number of aromatic amines is 1. The molecule has 0 aliphatic heterocycles. The fraction of sp³-hybridized carbons (Fsp3) is 0.421. The quantitative estimate of drug-likeness (QED) is 0.694. The van der Waals surface area contributed by atoms with E-state index in [1.54, 1.807) is 6.20 Å². The van der Waals surface area contributed by atoms with E-state index < -0.39 is 0 Å². The van der Waals surface area contributed by atoms with Crippen LogP contribution in [0.3, 0.4) is 0 Å². The van der Waals surface area contributed by atoms with Gasteiger partial charge in [-0.3, -0.25) is 9.89 Å². The van der Waals surface area contributed by atoms with Crippen molar-refractivity contribution in [2.75, 3.05) is 6.54 Å². The maximum absolute atomic E-state index is 12.3. The highest BCUT2D eigenvalue weighted by Crippen LogP contribution is 2.39. The van der Waals surface area contributed by atoms with Crippen molar-refractivity contribution in [2.45, 2.75) is 46.0 Å². The van der Waals surface area contributed by atoms with Crippen LogP contribution >= 0.6 is 0 Å². The summed E-state index contributed by atoms with van der Waals surface area (Å²) < 4.78 is 5.46. The Kier molecular flexibility index (Phi) is 4.47. The second kappa shape index (κ2) is 6.94. The molecular weight excluding hydrogens is 344 g/mol. The lowest BCUT2D eigenvalue weighted by molar-refractivity contribution is 0.0949. The van der Waals surface area contributed by atoms with Crippen LogP contribution in [0.4, 0.5) is 0 Å². The van der Waals surface area contributed by atoms with Crippen LogP contribution in [0.5, 0.6) is 0 Å². The fourth-order valence-corrected chi connectivity index (χ4v) is 3.01. The highest BCUT2D eigenvalue weighted by molar-refractivity contribution is 5.92. The van der Waals surface area contributed by atoms with Crippen molar-refractivity contribution in [1.82, 2.24) is 30.6 Å². The van der Waals surface area contributed by atoms with Crippen LogP contribution in [0.15, 0.2) is 16.8 Å². The van der Waals surface area contributed by atoms with Gasteiger partial charge in [-0.05, 0) is 39.7 Å². The molecule has 1 aliphatic carbocycles. The van der Waals surface area contributed by atoms with Crippen LogP contribution in [-0.4, -0.2) is 37.8 Å². The number of nitrogens with one attached hydrogen (secondary N) is 2. The Balaban J connectivity index is 1.45. The molecule has 140 valence electrons. The van der Waals surface area contributed by atoms with E-state index in [4.69, 9.17) is 4.52 Å². The van der Waals surface area contributed by atoms with E-state index in [0.717, 1.165) is 28.2 Å². The van der Waals surface area contributed by atoms with E-state index in [1.165, 1.54) is 12.8 Å². The molecule has 1 fully saturated rings. The molecule has 2 N–H and O–H groups in total. The van der Waals surface area contributed by atoms with Gasteiger partial charge in [-0.1, -0.05) is 5.16 Å². The number of rotatable bonds is 6. The zero-order valence-corrected chi connectivity index (χ0v) is 15.7. The molecule has 0 unspecified atom stereocenters. The summed E-state index contributed by atoms with van der Waals surface area (Å²) in [5.74, 6) is 1.71. The summed E-state index contributed by atoms with van der Waals surface area (Å²) in [7, 11) is 0. The number of nitrogens with zero attached hydrogens (tertiary/aromatic N) is 4. The molecule has 1 aliphatic rings. The molecule has 3 aromatic rings. The second-order valence-corrected chi connectivity index (χ2v) is 6.99. The van der Waals surface area contributed by atoms with Crippen LogP contribution in [0.25, 0.3) is 11.3 Å². The van der Waals surface area contributed by atoms with E-state index >= 15 is 0 Å². The number of hydrogen-bond donors (Lipinski definition) is 2. The average Bonchev–Trinajstić information content (AvgIpc) is 3.29. The van der Waals surface area contributed by atoms with Crippen LogP contribution in [0.1, 0.15) is 57.7 Å². The maximum Gasteiger partial charge on any atom is 0.271 e. The molecular formula is C19H22N6O2. The van der Waals surface area contributed by atoms with Gasteiger partial charge in [0.2, 0.25) is 0 Å². The molecule has 0 atom stereocenters. The molecule has 27 heavy (non-hydrogen) atoms. The van der Waals surface area contributed by atoms with Crippen LogP contribution in [0, 0.1) is 20.8 Å². The number of carbonyl (C=O) groups excluding carboxylic acids is 1. The Bertz CT molecular complexity index is 986. The lowest BCUT2D eigenvalue weighted by Crippen LogP contribution is -2.26. The smallest absolute Gasteiger partial charge is 0.271 e. The SMILES string of the molecule is Cc1ncc(-c2onc(C)c2C)c(CCNC(=O)c2cc(C3CC3)[nH]n2)n1. The van der Waals surface area contributed by atoms with Crippen molar-refractivity contribution < 1.29 is 9.32 Å². The van der Waals surface area contributed by atoms with E-state index in [9.17, 15) is 4.79 Å². The molecule has 0 bridgehead atoms. The number of aryl methyl sites for hydroxylation is 2. The molecule has 8 nitrogen and oxygen atoms in total. The van der Waals surface area contributed by atoms with Crippen LogP contribution in [-0.2, 0) is 6.42 Å². The van der Waals surface area contributed by atoms with E-state index in [-0.39, 0.29) is 5.91 Å². The highest BCUT2D eigenvalue weighted by atomic mass is 16.5. The largest absolute Gasteiger partial charge is 0.356 e. The normalized spacial score (nSPS) is 13.7. The number of aromatic nitrogens is 5. The minimum absolute atomic E-state index is 0.183. The summed E-state index contributed by atoms with van der Waals surface area (Å²) in [6.45, 7) is 6.15. The van der Waals surface area contributed by atoms with Crippen molar-refractivity contribution in [3.05, 3.63) is 46.4 Å². The van der Waals surface area contributed by atoms with Gasteiger partial charge in [0.05, 0.1) is 17.0 Å². The van der Waals surface area contributed by atoms with Gasteiger partial charge in [0.1, 0.15) is 11.5 Å². The Morgan fingerprint density at radius 2 is 2.15 bits per heavy atom. The van der Waals surface area contributed by atoms with Gasteiger partial charge in [-0.25, -0.2) is 9.97 Å². The predicted molar refractivity (Wildman–Crippen MR) is 98.3 cm³/mol. The Morgan fingerprint density at radius 3 is 2.85 bits per heavy atom. The molecule has 1 amide bonds. The van der Waals surface area contributed by atoms with Crippen molar-refractivity contribution in [2.24, 2.45) is 0 Å². The van der Waals surface area contributed by atoms with Gasteiger partial charge < -0.3 is 9.84 Å². The lowest BCUT2D eigenvalue weighted by Gasteiger charge is -2.08. The molecule has 0 radical (unpaired) electrons. The Hall–Kier alpha value is -3.03. The van der Waals surface area contributed by atoms with E-state index in [1.807, 2.05) is 26.8 Å². The number of amides is 1. The fourth-order valence-electron chi connectivity index (χ4n) is 3.01. The maximum atomic E-state index is 12.3. The summed E-state index contributed by atoms with van der Waals surface area (Å²) in [5.41, 5.74) is 4.92. The lowest BCUT2D eigenvalue weighted by atomic mass is 10.1. The molecule has 1 saturated carbocycles. The monoisotopic (exact) mass is 366 g/mol. The first-order valence-electron chi connectivity index (χ1n) is 9.12. The van der Waals surface area contributed by atoms with Crippen molar-refractivity contribution in [3.63, 3.8) is 0 Å². The minimum Gasteiger partial charge on any atom is -0.356 e. The Morgan fingerprint density at radius 1 is 1.33 bits per heavy atom. The first-order valence-corrected chi connectivity index (χ1v) is 9.12. The van der Waals surface area contributed by atoms with Gasteiger partial charge >= 0.3 is 0 Å². The van der Waals surface area contributed by atoms with Crippen LogP contribution in [0.2, 0.25) is 0 Å². The van der Waals surface area contributed by atoms with E-state index in [0.29, 0.717) is 36.2 Å². The molecule has 0 aromatic carbocycles. The first kappa shape index (κ1) is 17.4. The zero-order chi connectivity index (χ0) is 19.0. The molecule has 0 saturated heterocycles. The third-order valence-corrected chi connectivity index (χ3v) is 4.88. The van der Waals surface area contributed by atoms with Gasteiger partial charge in [-0.2, -0.15) is 5.10 Å². The zero-order valence-electron chi connectivity index (χ0n) is 15.7. The molecule has 3 heterocycles. The van der Waals surface area contributed by atoms with Crippen LogP contribution < -0.4 is 5.32 Å². The van der Waals surface area contributed by atoms with Gasteiger partial charge in [0, 0.05) is 36.3 Å². The third-order valence-electron chi connectivity index (χ3n) is 4.88. The van der Waals surface area contributed by atoms with Crippen molar-refractivity contribution >= 4 is 5.91 Å². The third kappa shape index (κ3) is 3.60. The topological polar surface area (TPSA) is 110 Å². The van der Waals surface area contributed by atoms with Gasteiger partial charge in [-0.15, -0.1) is 0 Å². The van der Waals surface area contributed by atoms with Gasteiger partial charge in [0.25, 0.3) is 5.91 Å². The number of hydrogen-bond acceptors (Lipinski definition) is 6.